The van der Waals surface area contributed by atoms with Gasteiger partial charge in [-0.05, 0) is 68.7 Å². The van der Waals surface area contributed by atoms with Gasteiger partial charge in [0.05, 0.1) is 26.3 Å². The number of hydrazine groups is 1. The molecular formula is C26H32N2O6. The van der Waals surface area contributed by atoms with Crippen LogP contribution in [0, 0.1) is 0 Å². The molecule has 1 aliphatic rings. The Morgan fingerprint density at radius 2 is 1.71 bits per heavy atom. The van der Waals surface area contributed by atoms with Crippen LogP contribution in [0.25, 0.3) is 17.2 Å². The highest BCUT2D eigenvalue weighted by Gasteiger charge is 2.25. The van der Waals surface area contributed by atoms with E-state index < -0.39 is 11.7 Å². The van der Waals surface area contributed by atoms with Crippen molar-refractivity contribution < 1.29 is 28.5 Å². The van der Waals surface area contributed by atoms with Crippen LogP contribution < -0.4 is 19.6 Å². The van der Waals surface area contributed by atoms with Gasteiger partial charge in [0.1, 0.15) is 22.8 Å². The van der Waals surface area contributed by atoms with Crippen LogP contribution in [0.15, 0.2) is 36.5 Å². The summed E-state index contributed by atoms with van der Waals surface area (Å²) in [6.45, 7) is 7.58. The van der Waals surface area contributed by atoms with Gasteiger partial charge >= 0.3 is 12.1 Å². The number of nitrogens with zero attached hydrogens (tertiary/aromatic N) is 1. The van der Waals surface area contributed by atoms with Crippen LogP contribution in [0.5, 0.6) is 17.2 Å². The molecule has 0 atom stereocenters. The third-order valence-corrected chi connectivity index (χ3v) is 5.07. The third kappa shape index (κ3) is 5.81. The fourth-order valence-corrected chi connectivity index (χ4v) is 3.69. The van der Waals surface area contributed by atoms with Crippen LogP contribution in [-0.2, 0) is 16.1 Å². The zero-order valence-electron chi connectivity index (χ0n) is 20.6. The van der Waals surface area contributed by atoms with Crippen molar-refractivity contribution >= 4 is 18.1 Å². The monoisotopic (exact) mass is 468 g/mol. The van der Waals surface area contributed by atoms with Gasteiger partial charge in [-0.15, -0.1) is 0 Å². The number of rotatable bonds is 7. The molecule has 0 bridgehead atoms. The molecule has 1 N–H and O–H groups in total. The summed E-state index contributed by atoms with van der Waals surface area (Å²) < 4.78 is 22.3. The number of nitrogens with one attached hydrogen (secondary N) is 1. The van der Waals surface area contributed by atoms with E-state index in [4.69, 9.17) is 18.9 Å². The summed E-state index contributed by atoms with van der Waals surface area (Å²) in [5.74, 6) is 1.43. The Labute approximate surface area is 200 Å². The molecule has 2 aromatic carbocycles. The number of methoxy groups -OCH3 is 2. The summed E-state index contributed by atoms with van der Waals surface area (Å²) in [6.07, 6.45) is 4.02. The van der Waals surface area contributed by atoms with E-state index in [1.54, 1.807) is 52.3 Å². The van der Waals surface area contributed by atoms with Gasteiger partial charge in [-0.25, -0.2) is 10.2 Å². The average molecular weight is 469 g/mol. The number of hydrogen-bond acceptors (Lipinski definition) is 7. The van der Waals surface area contributed by atoms with E-state index in [1.807, 2.05) is 37.3 Å². The van der Waals surface area contributed by atoms with Crippen molar-refractivity contribution in [2.24, 2.45) is 0 Å². The molecule has 8 nitrogen and oxygen atoms in total. The van der Waals surface area contributed by atoms with Crippen molar-refractivity contribution in [3.63, 3.8) is 0 Å². The minimum absolute atomic E-state index is 0.269. The van der Waals surface area contributed by atoms with Crippen molar-refractivity contribution in [1.82, 2.24) is 10.4 Å². The van der Waals surface area contributed by atoms with Gasteiger partial charge in [0.25, 0.3) is 0 Å². The molecule has 0 unspecified atom stereocenters. The minimum atomic E-state index is -0.629. The fourth-order valence-electron chi connectivity index (χ4n) is 3.69. The average Bonchev–Trinajstić information content (AvgIpc) is 2.77. The van der Waals surface area contributed by atoms with E-state index in [0.717, 1.165) is 22.3 Å². The van der Waals surface area contributed by atoms with Crippen LogP contribution in [0.2, 0.25) is 0 Å². The maximum Gasteiger partial charge on any atom is 0.426 e. The summed E-state index contributed by atoms with van der Waals surface area (Å²) in [5, 5.41) is 1.59. The van der Waals surface area contributed by atoms with Gasteiger partial charge in [-0.2, -0.15) is 0 Å². The topological polar surface area (TPSA) is 86.3 Å². The Bertz CT molecular complexity index is 1070. The van der Waals surface area contributed by atoms with E-state index in [9.17, 15) is 9.59 Å². The smallest absolute Gasteiger partial charge is 0.426 e. The molecule has 0 saturated carbocycles. The highest BCUT2D eigenvalue weighted by atomic mass is 16.6. The first-order valence-electron chi connectivity index (χ1n) is 11.2. The molecule has 8 heteroatoms. The molecule has 0 aromatic heterocycles. The zero-order valence-corrected chi connectivity index (χ0v) is 20.6. The quantitative estimate of drug-likeness (QED) is 0.436. The van der Waals surface area contributed by atoms with Crippen molar-refractivity contribution in [3.05, 3.63) is 47.7 Å². The first-order valence-corrected chi connectivity index (χ1v) is 11.2. The molecular weight excluding hydrogens is 436 g/mol. The summed E-state index contributed by atoms with van der Waals surface area (Å²) >= 11 is 0. The van der Waals surface area contributed by atoms with Gasteiger partial charge in [-0.3, -0.25) is 9.80 Å². The second-order valence-corrected chi connectivity index (χ2v) is 8.82. The fraction of sp³-hybridized carbons (Fsp3) is 0.385. The van der Waals surface area contributed by atoms with Crippen LogP contribution in [0.3, 0.4) is 0 Å². The van der Waals surface area contributed by atoms with Crippen molar-refractivity contribution in [3.8, 4) is 28.4 Å². The lowest BCUT2D eigenvalue weighted by atomic mass is 9.92. The number of carbonyl (C=O) groups is 2. The number of fused-ring (bicyclic) bond motifs is 1. The standard InChI is InChI=1S/C26H32N2O6/c1-7-9-23(29)33-20-13-12-18(24-21(31-5)10-8-11-22(24)32-6)17-14-15-28(16-19(17)20)27-25(30)34-26(2,3)4/h8,10-15H,7,9,16H2,1-6H3,(H,27,30). The first-order chi connectivity index (χ1) is 16.2. The lowest BCUT2D eigenvalue weighted by molar-refractivity contribution is -0.134. The maximum absolute atomic E-state index is 12.3. The number of hydrogen-bond donors (Lipinski definition) is 1. The summed E-state index contributed by atoms with van der Waals surface area (Å²) in [7, 11) is 3.21. The Kier molecular flexibility index (Phi) is 7.71. The molecule has 3 rings (SSSR count). The van der Waals surface area contributed by atoms with Crippen LogP contribution in [0.1, 0.15) is 51.7 Å². The molecule has 1 heterocycles. The van der Waals surface area contributed by atoms with E-state index in [0.29, 0.717) is 30.1 Å². The number of benzene rings is 2. The highest BCUT2D eigenvalue weighted by Crippen LogP contribution is 2.44. The van der Waals surface area contributed by atoms with E-state index in [-0.39, 0.29) is 12.5 Å². The summed E-state index contributed by atoms with van der Waals surface area (Å²) in [6, 6.07) is 9.23. The normalized spacial score (nSPS) is 12.6. The number of carbonyl (C=O) groups excluding carboxylic acids is 2. The molecule has 34 heavy (non-hydrogen) atoms. The van der Waals surface area contributed by atoms with Gasteiger partial charge < -0.3 is 18.9 Å². The Morgan fingerprint density at radius 3 is 2.29 bits per heavy atom. The van der Waals surface area contributed by atoms with Crippen molar-refractivity contribution in [2.45, 2.75) is 52.7 Å². The van der Waals surface area contributed by atoms with Crippen LogP contribution in [0.4, 0.5) is 4.79 Å². The third-order valence-electron chi connectivity index (χ3n) is 5.07. The molecule has 0 radical (unpaired) electrons. The molecule has 1 amide bonds. The predicted octanol–water partition coefficient (Wildman–Crippen LogP) is 5.30. The van der Waals surface area contributed by atoms with Gasteiger partial charge in [0.2, 0.25) is 0 Å². The number of esters is 1. The molecule has 1 aliphatic heterocycles. The van der Waals surface area contributed by atoms with E-state index in [2.05, 4.69) is 5.43 Å². The SMILES string of the molecule is CCCC(=O)Oc1ccc(-c2c(OC)cccc2OC)c2c1CN(NC(=O)OC(C)(C)C)C=C2. The molecule has 0 aliphatic carbocycles. The lowest BCUT2D eigenvalue weighted by Crippen LogP contribution is -2.42. The number of amides is 1. The predicted molar refractivity (Wildman–Crippen MR) is 129 cm³/mol. The van der Waals surface area contributed by atoms with Crippen molar-refractivity contribution in [2.75, 3.05) is 14.2 Å². The minimum Gasteiger partial charge on any atom is -0.496 e. The maximum atomic E-state index is 12.3. The molecule has 0 spiro atoms. The summed E-state index contributed by atoms with van der Waals surface area (Å²) in [4.78, 5) is 24.6. The first kappa shape index (κ1) is 25.0. The Hall–Kier alpha value is -3.68. The largest absolute Gasteiger partial charge is 0.496 e. The molecule has 182 valence electrons. The lowest BCUT2D eigenvalue weighted by Gasteiger charge is -2.29. The second kappa shape index (κ2) is 10.5. The van der Waals surface area contributed by atoms with Crippen LogP contribution >= 0.6 is 0 Å². The van der Waals surface area contributed by atoms with Crippen molar-refractivity contribution in [1.29, 1.82) is 0 Å². The number of ether oxygens (including phenoxy) is 4. The summed E-state index contributed by atoms with van der Waals surface area (Å²) in [5.41, 5.74) is 5.32. The highest BCUT2D eigenvalue weighted by molar-refractivity contribution is 5.87. The zero-order chi connectivity index (χ0) is 24.9. The van der Waals surface area contributed by atoms with Gasteiger partial charge in [0.15, 0.2) is 0 Å². The van der Waals surface area contributed by atoms with Gasteiger partial charge in [-0.1, -0.05) is 13.0 Å². The second-order valence-electron chi connectivity index (χ2n) is 8.82. The van der Waals surface area contributed by atoms with Crippen LogP contribution in [-0.4, -0.2) is 36.9 Å². The Balaban J connectivity index is 2.05. The molecule has 0 fully saturated rings. The van der Waals surface area contributed by atoms with E-state index in [1.165, 1.54) is 0 Å². The van der Waals surface area contributed by atoms with E-state index >= 15 is 0 Å². The molecule has 0 saturated heterocycles. The van der Waals surface area contributed by atoms with Gasteiger partial charge in [0, 0.05) is 18.2 Å². The Morgan fingerprint density at radius 1 is 1.03 bits per heavy atom. The molecule has 2 aromatic rings.